The quantitative estimate of drug-likeness (QED) is 0.652. The molecular formula is C22H28ClN7O. The summed E-state index contributed by atoms with van der Waals surface area (Å²) in [6, 6.07) is 7.67. The molecular weight excluding hydrogens is 414 g/mol. The zero-order valence-corrected chi connectivity index (χ0v) is 18.4. The van der Waals surface area contributed by atoms with Crippen LogP contribution in [0.3, 0.4) is 0 Å². The Morgan fingerprint density at radius 2 is 1.61 bits per heavy atom. The summed E-state index contributed by atoms with van der Waals surface area (Å²) in [6.45, 7) is 6.44. The molecule has 0 amide bonds. The molecule has 0 unspecified atom stereocenters. The molecule has 3 aromatic rings. The minimum Gasteiger partial charge on any atom is -0.395 e. The van der Waals surface area contributed by atoms with E-state index in [0.29, 0.717) is 5.02 Å². The highest BCUT2D eigenvalue weighted by atomic mass is 35.5. The van der Waals surface area contributed by atoms with Gasteiger partial charge in [-0.15, -0.1) is 0 Å². The lowest BCUT2D eigenvalue weighted by Gasteiger charge is -2.35. The van der Waals surface area contributed by atoms with E-state index < -0.39 is 0 Å². The molecule has 0 atom stereocenters. The van der Waals surface area contributed by atoms with Gasteiger partial charge in [0.05, 0.1) is 23.9 Å². The van der Waals surface area contributed by atoms with Crippen LogP contribution in [0, 0.1) is 0 Å². The van der Waals surface area contributed by atoms with Gasteiger partial charge in [-0.3, -0.25) is 4.90 Å². The molecule has 0 bridgehead atoms. The van der Waals surface area contributed by atoms with Gasteiger partial charge in [0, 0.05) is 50.8 Å². The summed E-state index contributed by atoms with van der Waals surface area (Å²) in [6.07, 6.45) is 5.53. The number of piperazine rings is 1. The molecule has 2 saturated heterocycles. The number of benzene rings is 1. The molecule has 9 heteroatoms. The Labute approximate surface area is 187 Å². The number of fused-ring (bicyclic) bond motifs is 1. The zero-order chi connectivity index (χ0) is 21.2. The fourth-order valence-corrected chi connectivity index (χ4v) is 4.58. The number of β-amino-alcohol motifs (C(OH)–C–C–N with tert-alkyl or cyclic N) is 1. The van der Waals surface area contributed by atoms with Crippen molar-refractivity contribution in [1.29, 1.82) is 0 Å². The van der Waals surface area contributed by atoms with Crippen LogP contribution in [0.4, 0.5) is 11.8 Å². The zero-order valence-electron chi connectivity index (χ0n) is 17.6. The van der Waals surface area contributed by atoms with Gasteiger partial charge >= 0.3 is 0 Å². The number of halogens is 1. The first-order valence-electron chi connectivity index (χ1n) is 11.1. The molecule has 2 aliphatic rings. The van der Waals surface area contributed by atoms with Crippen LogP contribution in [0.25, 0.3) is 16.7 Å². The predicted octanol–water partition coefficient (Wildman–Crippen LogP) is 2.57. The predicted molar refractivity (Wildman–Crippen MR) is 123 cm³/mol. The van der Waals surface area contributed by atoms with Gasteiger partial charge in [-0.05, 0) is 43.5 Å². The molecule has 1 aromatic carbocycles. The largest absolute Gasteiger partial charge is 0.395 e. The average molecular weight is 442 g/mol. The van der Waals surface area contributed by atoms with Crippen molar-refractivity contribution >= 4 is 34.4 Å². The summed E-state index contributed by atoms with van der Waals surface area (Å²) in [5.41, 5.74) is 1.76. The van der Waals surface area contributed by atoms with Crippen LogP contribution in [0.2, 0.25) is 5.02 Å². The van der Waals surface area contributed by atoms with Crippen LogP contribution in [-0.2, 0) is 0 Å². The van der Waals surface area contributed by atoms with Crippen LogP contribution < -0.4 is 9.80 Å². The van der Waals surface area contributed by atoms with Gasteiger partial charge in [0.15, 0.2) is 5.65 Å². The van der Waals surface area contributed by atoms with Gasteiger partial charge in [0.2, 0.25) is 5.95 Å². The number of hydrogen-bond acceptors (Lipinski definition) is 7. The maximum absolute atomic E-state index is 9.23. The van der Waals surface area contributed by atoms with Crippen molar-refractivity contribution in [2.45, 2.75) is 19.3 Å². The van der Waals surface area contributed by atoms with E-state index in [1.807, 2.05) is 35.1 Å². The highest BCUT2D eigenvalue weighted by Gasteiger charge is 2.24. The Morgan fingerprint density at radius 1 is 0.871 bits per heavy atom. The Hall–Kier alpha value is -2.42. The Kier molecular flexibility index (Phi) is 5.93. The van der Waals surface area contributed by atoms with Crippen molar-refractivity contribution in [3.63, 3.8) is 0 Å². The van der Waals surface area contributed by atoms with Crippen molar-refractivity contribution in [1.82, 2.24) is 24.6 Å². The second-order valence-corrected chi connectivity index (χ2v) is 8.65. The third kappa shape index (κ3) is 4.20. The summed E-state index contributed by atoms with van der Waals surface area (Å²) in [4.78, 5) is 16.9. The molecule has 0 radical (unpaired) electrons. The normalized spacial score (nSPS) is 18.1. The van der Waals surface area contributed by atoms with E-state index in [0.717, 1.165) is 74.3 Å². The van der Waals surface area contributed by atoms with E-state index in [-0.39, 0.29) is 6.61 Å². The van der Waals surface area contributed by atoms with E-state index in [2.05, 4.69) is 19.8 Å². The van der Waals surface area contributed by atoms with Crippen molar-refractivity contribution in [3.05, 3.63) is 35.5 Å². The number of aliphatic hydroxyl groups excluding tert-OH is 1. The molecule has 31 heavy (non-hydrogen) atoms. The first-order chi connectivity index (χ1) is 15.2. The third-order valence-electron chi connectivity index (χ3n) is 6.19. The number of anilines is 2. The minimum atomic E-state index is 0.196. The topological polar surface area (TPSA) is 73.6 Å². The van der Waals surface area contributed by atoms with Gasteiger partial charge in [0.25, 0.3) is 0 Å². The lowest BCUT2D eigenvalue weighted by Crippen LogP contribution is -2.47. The molecule has 4 heterocycles. The van der Waals surface area contributed by atoms with Crippen LogP contribution in [0.1, 0.15) is 19.3 Å². The molecule has 2 aliphatic heterocycles. The number of aromatic nitrogens is 4. The summed E-state index contributed by atoms with van der Waals surface area (Å²) >= 11 is 6.09. The van der Waals surface area contributed by atoms with Crippen molar-refractivity contribution in [3.8, 4) is 5.69 Å². The molecule has 0 saturated carbocycles. The molecule has 2 aromatic heterocycles. The number of piperidine rings is 1. The van der Waals surface area contributed by atoms with Crippen LogP contribution in [-0.4, -0.2) is 82.2 Å². The van der Waals surface area contributed by atoms with Gasteiger partial charge in [-0.25, -0.2) is 4.68 Å². The Morgan fingerprint density at radius 3 is 2.32 bits per heavy atom. The van der Waals surface area contributed by atoms with Crippen LogP contribution in [0.15, 0.2) is 30.5 Å². The van der Waals surface area contributed by atoms with Gasteiger partial charge in [0.1, 0.15) is 5.82 Å². The third-order valence-corrected chi connectivity index (χ3v) is 6.45. The highest BCUT2D eigenvalue weighted by Crippen LogP contribution is 2.30. The molecule has 1 N–H and O–H groups in total. The minimum absolute atomic E-state index is 0.196. The molecule has 2 fully saturated rings. The first-order valence-corrected chi connectivity index (χ1v) is 11.5. The maximum atomic E-state index is 9.23. The fourth-order valence-electron chi connectivity index (χ4n) is 4.45. The molecule has 164 valence electrons. The number of rotatable bonds is 5. The van der Waals surface area contributed by atoms with Crippen molar-refractivity contribution in [2.75, 3.05) is 62.2 Å². The fraction of sp³-hybridized carbons (Fsp3) is 0.500. The molecule has 5 rings (SSSR count). The van der Waals surface area contributed by atoms with Gasteiger partial charge in [-0.1, -0.05) is 11.6 Å². The first kappa shape index (κ1) is 20.5. The average Bonchev–Trinajstić information content (AvgIpc) is 3.24. The summed E-state index contributed by atoms with van der Waals surface area (Å²) in [7, 11) is 0. The smallest absolute Gasteiger partial charge is 0.229 e. The molecule has 0 spiro atoms. The van der Waals surface area contributed by atoms with Crippen molar-refractivity contribution < 1.29 is 5.11 Å². The maximum Gasteiger partial charge on any atom is 0.229 e. The van der Waals surface area contributed by atoms with Crippen molar-refractivity contribution in [2.24, 2.45) is 0 Å². The molecule has 8 nitrogen and oxygen atoms in total. The summed E-state index contributed by atoms with van der Waals surface area (Å²) in [5, 5.41) is 15.6. The highest BCUT2D eigenvalue weighted by molar-refractivity contribution is 6.30. The van der Waals surface area contributed by atoms with Gasteiger partial charge in [-0.2, -0.15) is 15.1 Å². The summed E-state index contributed by atoms with van der Waals surface area (Å²) in [5.74, 6) is 1.74. The van der Waals surface area contributed by atoms with Gasteiger partial charge < -0.3 is 14.9 Å². The summed E-state index contributed by atoms with van der Waals surface area (Å²) < 4.78 is 1.88. The van der Waals surface area contributed by atoms with Crippen LogP contribution >= 0.6 is 11.6 Å². The Balaban J connectivity index is 1.55. The van der Waals surface area contributed by atoms with E-state index in [1.54, 1.807) is 0 Å². The standard InChI is InChI=1S/C22H28ClN7O/c23-17-4-6-18(7-5-17)30-21-19(16-24-30)20(28-8-2-1-3-9-28)25-22(26-21)29-12-10-27(11-13-29)14-15-31/h4-7,16,31H,1-3,8-15H2. The second kappa shape index (κ2) is 8.98. The molecule has 0 aliphatic carbocycles. The van der Waals surface area contributed by atoms with E-state index in [1.165, 1.54) is 19.3 Å². The SMILES string of the molecule is OCCN1CCN(c2nc(N3CCCCC3)c3cnn(-c4ccc(Cl)cc4)c3n2)CC1. The van der Waals surface area contributed by atoms with Crippen LogP contribution in [0.5, 0.6) is 0 Å². The Bertz CT molecular complexity index is 1020. The van der Waals surface area contributed by atoms with E-state index in [9.17, 15) is 5.11 Å². The monoisotopic (exact) mass is 441 g/mol. The number of aliphatic hydroxyl groups is 1. The van der Waals surface area contributed by atoms with E-state index >= 15 is 0 Å². The second-order valence-electron chi connectivity index (χ2n) is 8.22. The lowest BCUT2D eigenvalue weighted by atomic mass is 10.1. The number of nitrogens with zero attached hydrogens (tertiary/aromatic N) is 7. The lowest BCUT2D eigenvalue weighted by molar-refractivity contribution is 0.188. The number of hydrogen-bond donors (Lipinski definition) is 1. The van der Waals surface area contributed by atoms with E-state index in [4.69, 9.17) is 21.6 Å².